The van der Waals surface area contributed by atoms with Gasteiger partial charge in [0, 0.05) is 11.3 Å². The van der Waals surface area contributed by atoms with E-state index in [1.54, 1.807) is 24.3 Å². The molecule has 0 aliphatic heterocycles. The van der Waals surface area contributed by atoms with E-state index < -0.39 is 0 Å². The van der Waals surface area contributed by atoms with Gasteiger partial charge in [-0.2, -0.15) is 17.0 Å². The second kappa shape index (κ2) is 7.82. The van der Waals surface area contributed by atoms with Gasteiger partial charge >= 0.3 is 0 Å². The number of carbonyl (C=O) groups excluding carboxylic acids is 1. The summed E-state index contributed by atoms with van der Waals surface area (Å²) in [5.74, 6) is -0.0790. The molecule has 0 saturated carbocycles. The Bertz CT molecular complexity index is 450. The van der Waals surface area contributed by atoms with Crippen LogP contribution < -0.4 is 5.32 Å². The number of thioether (sulfide) groups is 1. The Morgan fingerprint density at radius 2 is 2.11 bits per heavy atom. The van der Waals surface area contributed by atoms with Gasteiger partial charge in [0.25, 0.3) is 0 Å². The molecule has 4 nitrogen and oxygen atoms in total. The summed E-state index contributed by atoms with van der Waals surface area (Å²) < 4.78 is 0. The standard InChI is InChI=1S/C14H18N2O2S/c1-10(13(9-17)19-2)16-14(18)7-11-3-5-12(8-15)6-4-11/h3-6,10,13,17H,7,9H2,1-2H3,(H,16,18). The zero-order chi connectivity index (χ0) is 14.3. The van der Waals surface area contributed by atoms with Crippen LogP contribution in [0.15, 0.2) is 24.3 Å². The van der Waals surface area contributed by atoms with Crippen molar-refractivity contribution in [2.75, 3.05) is 12.9 Å². The van der Waals surface area contributed by atoms with Gasteiger partial charge in [0.2, 0.25) is 5.91 Å². The third-order valence-corrected chi connectivity index (χ3v) is 4.04. The number of amides is 1. The van der Waals surface area contributed by atoms with E-state index in [0.717, 1.165) is 5.56 Å². The van der Waals surface area contributed by atoms with Crippen LogP contribution in [0.25, 0.3) is 0 Å². The Kier molecular flexibility index (Phi) is 6.40. The Morgan fingerprint density at radius 3 is 2.58 bits per heavy atom. The van der Waals surface area contributed by atoms with Crippen LogP contribution in [-0.2, 0) is 11.2 Å². The van der Waals surface area contributed by atoms with Crippen LogP contribution >= 0.6 is 11.8 Å². The summed E-state index contributed by atoms with van der Waals surface area (Å²) in [6.07, 6.45) is 2.19. The lowest BCUT2D eigenvalue weighted by Gasteiger charge is -2.21. The highest BCUT2D eigenvalue weighted by Crippen LogP contribution is 2.10. The zero-order valence-electron chi connectivity index (χ0n) is 11.1. The lowest BCUT2D eigenvalue weighted by atomic mass is 10.1. The van der Waals surface area contributed by atoms with Crippen LogP contribution in [0.5, 0.6) is 0 Å². The van der Waals surface area contributed by atoms with Gasteiger partial charge in [0.1, 0.15) is 0 Å². The number of benzene rings is 1. The van der Waals surface area contributed by atoms with Crippen molar-refractivity contribution in [3.8, 4) is 6.07 Å². The molecule has 0 spiro atoms. The molecule has 19 heavy (non-hydrogen) atoms. The van der Waals surface area contributed by atoms with Gasteiger partial charge < -0.3 is 10.4 Å². The number of rotatable bonds is 6. The number of nitriles is 1. The first-order valence-electron chi connectivity index (χ1n) is 6.02. The molecule has 0 aliphatic rings. The summed E-state index contributed by atoms with van der Waals surface area (Å²) >= 11 is 1.53. The third-order valence-electron chi connectivity index (χ3n) is 2.88. The Balaban J connectivity index is 2.53. The van der Waals surface area contributed by atoms with Crippen LogP contribution in [0.1, 0.15) is 18.1 Å². The lowest BCUT2D eigenvalue weighted by molar-refractivity contribution is -0.121. The maximum Gasteiger partial charge on any atom is 0.224 e. The van der Waals surface area contributed by atoms with Crippen LogP contribution in [0.2, 0.25) is 0 Å². The van der Waals surface area contributed by atoms with Crippen LogP contribution in [-0.4, -0.2) is 35.2 Å². The summed E-state index contributed by atoms with van der Waals surface area (Å²) in [7, 11) is 0. The molecule has 1 amide bonds. The van der Waals surface area contributed by atoms with E-state index in [1.807, 2.05) is 19.2 Å². The number of aliphatic hydroxyl groups excluding tert-OH is 1. The fraction of sp³-hybridized carbons (Fsp3) is 0.429. The molecule has 102 valence electrons. The van der Waals surface area contributed by atoms with E-state index in [4.69, 9.17) is 10.4 Å². The molecular formula is C14H18N2O2S. The molecule has 0 aliphatic carbocycles. The molecule has 0 bridgehead atoms. The van der Waals surface area contributed by atoms with Crippen molar-refractivity contribution in [3.05, 3.63) is 35.4 Å². The molecule has 0 saturated heterocycles. The molecule has 1 rings (SSSR count). The van der Waals surface area contributed by atoms with Crippen molar-refractivity contribution in [1.82, 2.24) is 5.32 Å². The molecule has 5 heteroatoms. The predicted molar refractivity (Wildman–Crippen MR) is 76.9 cm³/mol. The van der Waals surface area contributed by atoms with Gasteiger partial charge in [-0.25, -0.2) is 0 Å². The first-order chi connectivity index (χ1) is 9.10. The van der Waals surface area contributed by atoms with Crippen LogP contribution in [0.4, 0.5) is 0 Å². The van der Waals surface area contributed by atoms with Crippen molar-refractivity contribution in [2.24, 2.45) is 0 Å². The SMILES string of the molecule is CSC(CO)C(C)NC(=O)Cc1ccc(C#N)cc1. The first-order valence-corrected chi connectivity index (χ1v) is 7.31. The molecule has 2 atom stereocenters. The molecule has 2 unspecified atom stereocenters. The molecule has 1 aromatic carbocycles. The fourth-order valence-electron chi connectivity index (χ4n) is 1.72. The smallest absolute Gasteiger partial charge is 0.224 e. The molecular weight excluding hydrogens is 260 g/mol. The van der Waals surface area contributed by atoms with E-state index in [2.05, 4.69) is 5.32 Å². The van der Waals surface area contributed by atoms with Gasteiger partial charge in [-0.3, -0.25) is 4.79 Å². The summed E-state index contributed by atoms with van der Waals surface area (Å²) in [5, 5.41) is 20.7. The second-order valence-electron chi connectivity index (χ2n) is 4.30. The third kappa shape index (κ3) is 4.93. The second-order valence-corrected chi connectivity index (χ2v) is 5.38. The normalized spacial score (nSPS) is 13.4. The molecule has 0 fully saturated rings. The van der Waals surface area contributed by atoms with Gasteiger partial charge in [-0.05, 0) is 30.9 Å². The number of nitrogens with zero attached hydrogens (tertiary/aromatic N) is 1. The minimum absolute atomic E-state index is 0.00455. The summed E-state index contributed by atoms with van der Waals surface area (Å²) in [5.41, 5.74) is 1.45. The van der Waals surface area contributed by atoms with Crippen LogP contribution in [0, 0.1) is 11.3 Å². The maximum atomic E-state index is 11.8. The number of hydrogen-bond acceptors (Lipinski definition) is 4. The maximum absolute atomic E-state index is 11.8. The highest BCUT2D eigenvalue weighted by atomic mass is 32.2. The van der Waals surface area contributed by atoms with E-state index in [-0.39, 0.29) is 30.2 Å². The zero-order valence-corrected chi connectivity index (χ0v) is 11.9. The van der Waals surface area contributed by atoms with Crippen molar-refractivity contribution in [2.45, 2.75) is 24.6 Å². The Hall–Kier alpha value is -1.51. The van der Waals surface area contributed by atoms with Gasteiger partial charge in [-0.15, -0.1) is 0 Å². The monoisotopic (exact) mass is 278 g/mol. The summed E-state index contributed by atoms with van der Waals surface area (Å²) in [6, 6.07) is 8.92. The number of hydrogen-bond donors (Lipinski definition) is 2. The Morgan fingerprint density at radius 1 is 1.47 bits per heavy atom. The van der Waals surface area contributed by atoms with E-state index >= 15 is 0 Å². The predicted octanol–water partition coefficient (Wildman–Crippen LogP) is 1.33. The average molecular weight is 278 g/mol. The minimum Gasteiger partial charge on any atom is -0.395 e. The average Bonchev–Trinajstić information content (AvgIpc) is 2.40. The largest absolute Gasteiger partial charge is 0.395 e. The number of aliphatic hydroxyl groups is 1. The van der Waals surface area contributed by atoms with Crippen molar-refractivity contribution < 1.29 is 9.90 Å². The minimum atomic E-state index is -0.0790. The van der Waals surface area contributed by atoms with Gasteiger partial charge in [-0.1, -0.05) is 12.1 Å². The quantitative estimate of drug-likeness (QED) is 0.823. The molecule has 1 aromatic rings. The van der Waals surface area contributed by atoms with Gasteiger partial charge in [0.15, 0.2) is 0 Å². The van der Waals surface area contributed by atoms with E-state index in [9.17, 15) is 4.79 Å². The molecule has 0 radical (unpaired) electrons. The van der Waals surface area contributed by atoms with Crippen molar-refractivity contribution in [3.63, 3.8) is 0 Å². The number of carbonyl (C=O) groups is 1. The molecule has 2 N–H and O–H groups in total. The van der Waals surface area contributed by atoms with E-state index in [1.165, 1.54) is 11.8 Å². The molecule has 0 aromatic heterocycles. The lowest BCUT2D eigenvalue weighted by Crippen LogP contribution is -2.41. The fourth-order valence-corrected chi connectivity index (χ4v) is 2.34. The van der Waals surface area contributed by atoms with Gasteiger partial charge in [0.05, 0.1) is 24.7 Å². The topological polar surface area (TPSA) is 73.1 Å². The summed E-state index contributed by atoms with van der Waals surface area (Å²) in [4.78, 5) is 11.8. The van der Waals surface area contributed by atoms with E-state index in [0.29, 0.717) is 5.56 Å². The molecule has 0 heterocycles. The summed E-state index contributed by atoms with van der Waals surface area (Å²) in [6.45, 7) is 1.92. The first kappa shape index (κ1) is 15.5. The van der Waals surface area contributed by atoms with Crippen molar-refractivity contribution >= 4 is 17.7 Å². The van der Waals surface area contributed by atoms with Crippen LogP contribution in [0.3, 0.4) is 0 Å². The number of nitrogens with one attached hydrogen (secondary N) is 1. The Labute approximate surface area is 117 Å². The highest BCUT2D eigenvalue weighted by molar-refractivity contribution is 7.99. The van der Waals surface area contributed by atoms with Crippen molar-refractivity contribution in [1.29, 1.82) is 5.26 Å². The highest BCUT2D eigenvalue weighted by Gasteiger charge is 2.17.